The molecule has 0 saturated carbocycles. The molecule has 130 valence electrons. The van der Waals surface area contributed by atoms with E-state index in [1.807, 2.05) is 38.1 Å². The first-order chi connectivity index (χ1) is 10.9. The number of hydrogen-bond acceptors (Lipinski definition) is 5. The van der Waals surface area contributed by atoms with E-state index in [2.05, 4.69) is 10.7 Å². The first-order valence-corrected chi connectivity index (χ1v) is 10.9. The molecule has 0 aliphatic heterocycles. The molecule has 0 spiro atoms. The van der Waals surface area contributed by atoms with Gasteiger partial charge in [0.05, 0.1) is 13.7 Å². The number of anilines is 1. The van der Waals surface area contributed by atoms with E-state index in [-0.39, 0.29) is 0 Å². The van der Waals surface area contributed by atoms with Crippen molar-refractivity contribution in [1.82, 2.24) is 10.2 Å². The summed E-state index contributed by atoms with van der Waals surface area (Å²) < 4.78 is 24.9. The van der Waals surface area contributed by atoms with Crippen LogP contribution < -0.4 is 15.5 Å². The van der Waals surface area contributed by atoms with Gasteiger partial charge in [-0.15, -0.1) is 4.78 Å². The van der Waals surface area contributed by atoms with Crippen molar-refractivity contribution in [2.24, 2.45) is 0 Å². The summed E-state index contributed by atoms with van der Waals surface area (Å²) in [6, 6.07) is 7.36. The lowest BCUT2D eigenvalue weighted by Gasteiger charge is -2.27. The van der Waals surface area contributed by atoms with Gasteiger partial charge in [0.1, 0.15) is 5.75 Å². The summed E-state index contributed by atoms with van der Waals surface area (Å²) >= 11 is 6.56. The third kappa shape index (κ3) is 6.69. The van der Waals surface area contributed by atoms with Crippen LogP contribution in [-0.4, -0.2) is 36.4 Å². The second-order valence-corrected chi connectivity index (χ2v) is 9.57. The van der Waals surface area contributed by atoms with E-state index in [4.69, 9.17) is 21.5 Å². The Morgan fingerprint density at radius 3 is 2.52 bits per heavy atom. The highest BCUT2D eigenvalue weighted by Gasteiger charge is 2.30. The van der Waals surface area contributed by atoms with Crippen molar-refractivity contribution in [3.63, 3.8) is 0 Å². The zero-order valence-corrected chi connectivity index (χ0v) is 16.4. The Kier molecular flexibility index (Phi) is 8.94. The van der Waals surface area contributed by atoms with Crippen LogP contribution in [0.2, 0.25) is 0 Å². The fraction of sp³-hybridized carbons (Fsp3) is 0.500. The first-order valence-electron chi connectivity index (χ1n) is 7.30. The van der Waals surface area contributed by atoms with Gasteiger partial charge in [0.15, 0.2) is 5.11 Å². The lowest BCUT2D eigenvalue weighted by molar-refractivity contribution is 0.291. The second kappa shape index (κ2) is 10.2. The minimum absolute atomic E-state index is 0.342. The number of nitrogens with zero attached hydrogens (tertiary/aromatic N) is 1. The molecule has 0 radical (unpaired) electrons. The highest BCUT2D eigenvalue weighted by molar-refractivity contribution is 8.55. The van der Waals surface area contributed by atoms with Crippen LogP contribution in [0.15, 0.2) is 24.3 Å². The number of nitrogens with one attached hydrogen (secondary N) is 2. The fourth-order valence-corrected chi connectivity index (χ4v) is 5.75. The molecule has 0 bridgehead atoms. The molecule has 9 heteroatoms. The van der Waals surface area contributed by atoms with Gasteiger partial charge in [0.2, 0.25) is 0 Å². The van der Waals surface area contributed by atoms with Gasteiger partial charge in [-0.2, -0.15) is 0 Å². The Balaban J connectivity index is 2.63. The molecule has 0 fully saturated rings. The van der Waals surface area contributed by atoms with Gasteiger partial charge in [-0.1, -0.05) is 18.3 Å². The smallest absolute Gasteiger partial charge is 0.346 e. The Morgan fingerprint density at radius 2 is 2.00 bits per heavy atom. The van der Waals surface area contributed by atoms with Crippen LogP contribution in [0.1, 0.15) is 20.3 Å². The Hall–Kier alpha value is -0.790. The maximum absolute atomic E-state index is 12.8. The van der Waals surface area contributed by atoms with Crippen molar-refractivity contribution in [3.05, 3.63) is 24.3 Å². The predicted molar refractivity (Wildman–Crippen MR) is 102 cm³/mol. The average molecular weight is 377 g/mol. The van der Waals surface area contributed by atoms with Crippen LogP contribution in [0.25, 0.3) is 0 Å². The largest absolute Gasteiger partial charge is 0.497 e. The summed E-state index contributed by atoms with van der Waals surface area (Å²) in [6.07, 6.45) is 0.921. The molecule has 1 aromatic carbocycles. The predicted octanol–water partition coefficient (Wildman–Crippen LogP) is 4.12. The van der Waals surface area contributed by atoms with Crippen LogP contribution in [-0.2, 0) is 9.09 Å². The molecule has 0 amide bonds. The fourth-order valence-electron chi connectivity index (χ4n) is 1.62. The average Bonchev–Trinajstić information content (AvgIpc) is 2.53. The molecule has 1 aromatic rings. The molecule has 1 atom stereocenters. The van der Waals surface area contributed by atoms with Crippen molar-refractivity contribution in [1.29, 1.82) is 0 Å². The van der Waals surface area contributed by atoms with Crippen LogP contribution in [0.4, 0.5) is 5.69 Å². The highest BCUT2D eigenvalue weighted by Crippen LogP contribution is 2.60. The highest BCUT2D eigenvalue weighted by atomic mass is 32.7. The number of ether oxygens (including phenoxy) is 1. The van der Waals surface area contributed by atoms with E-state index in [0.717, 1.165) is 23.6 Å². The molecular weight excluding hydrogens is 353 g/mol. The molecule has 1 unspecified atom stereocenters. The molecule has 0 heterocycles. The van der Waals surface area contributed by atoms with Gasteiger partial charge in [-0.3, -0.25) is 9.99 Å². The number of hydrazine groups is 1. The number of thiocarbonyl (C=S) groups is 1. The lowest BCUT2D eigenvalue weighted by Crippen LogP contribution is -2.39. The lowest BCUT2D eigenvalue weighted by atomic mass is 10.3. The van der Waals surface area contributed by atoms with E-state index >= 15 is 0 Å². The van der Waals surface area contributed by atoms with E-state index < -0.39 is 6.72 Å². The molecule has 0 saturated heterocycles. The molecule has 23 heavy (non-hydrogen) atoms. The molecular formula is C14H24N3O3PS2. The van der Waals surface area contributed by atoms with Gasteiger partial charge in [-0.25, -0.2) is 0 Å². The zero-order valence-electron chi connectivity index (χ0n) is 13.9. The van der Waals surface area contributed by atoms with Crippen LogP contribution in [0.5, 0.6) is 5.75 Å². The van der Waals surface area contributed by atoms with Crippen molar-refractivity contribution < 1.29 is 13.8 Å². The van der Waals surface area contributed by atoms with Gasteiger partial charge in [0.25, 0.3) is 0 Å². The topological polar surface area (TPSA) is 62.8 Å². The number of methoxy groups -OCH3 is 1. The summed E-state index contributed by atoms with van der Waals surface area (Å²) in [5.41, 5.74) is 3.71. The maximum atomic E-state index is 12.8. The summed E-state index contributed by atoms with van der Waals surface area (Å²) in [5, 5.41) is 3.37. The Morgan fingerprint density at radius 1 is 1.35 bits per heavy atom. The summed E-state index contributed by atoms with van der Waals surface area (Å²) in [4.78, 5) is 0. The van der Waals surface area contributed by atoms with Crippen LogP contribution in [0, 0.1) is 0 Å². The van der Waals surface area contributed by atoms with Crippen molar-refractivity contribution >= 4 is 41.1 Å². The van der Waals surface area contributed by atoms with Crippen LogP contribution in [0.3, 0.4) is 0 Å². The van der Waals surface area contributed by atoms with E-state index in [0.29, 0.717) is 11.7 Å². The summed E-state index contributed by atoms with van der Waals surface area (Å²) in [6.45, 7) is 1.22. The zero-order chi connectivity index (χ0) is 17.3. The van der Waals surface area contributed by atoms with Crippen molar-refractivity contribution in [3.8, 4) is 5.75 Å². The Labute approximate surface area is 147 Å². The SMILES string of the molecule is CCCSP(=O)(OCC)N(C)NC(=S)Nc1ccc(OC)cc1. The van der Waals surface area contributed by atoms with Crippen LogP contribution >= 0.6 is 30.3 Å². The minimum atomic E-state index is -3.01. The molecule has 0 aliphatic carbocycles. The third-order valence-electron chi connectivity index (χ3n) is 2.73. The second-order valence-electron chi connectivity index (χ2n) is 4.54. The molecule has 2 N–H and O–H groups in total. The third-order valence-corrected chi connectivity index (χ3v) is 7.84. The van der Waals surface area contributed by atoms with E-state index in [9.17, 15) is 4.57 Å². The van der Waals surface area contributed by atoms with E-state index in [1.165, 1.54) is 16.2 Å². The number of hydrogen-bond donors (Lipinski definition) is 2. The monoisotopic (exact) mass is 377 g/mol. The van der Waals surface area contributed by atoms with Gasteiger partial charge < -0.3 is 14.6 Å². The standard InChI is InChI=1S/C14H24N3O3PS2/c1-5-11-23-21(18,20-6-2)17(3)16-14(22)15-12-7-9-13(19-4)10-8-12/h7-10H,5-6,11H2,1-4H3,(H2,15,16,22). The van der Waals surface area contributed by atoms with Crippen molar-refractivity contribution in [2.75, 3.05) is 31.8 Å². The molecule has 0 aromatic heterocycles. The van der Waals surface area contributed by atoms with Crippen molar-refractivity contribution in [2.45, 2.75) is 20.3 Å². The Bertz CT molecular complexity index is 543. The minimum Gasteiger partial charge on any atom is -0.497 e. The quantitative estimate of drug-likeness (QED) is 0.379. The number of benzene rings is 1. The van der Waals surface area contributed by atoms with Gasteiger partial charge in [-0.05, 0) is 49.8 Å². The number of rotatable bonds is 9. The van der Waals surface area contributed by atoms with E-state index in [1.54, 1.807) is 14.2 Å². The summed E-state index contributed by atoms with van der Waals surface area (Å²) in [5.74, 6) is 1.52. The van der Waals surface area contributed by atoms with Gasteiger partial charge in [0, 0.05) is 18.5 Å². The summed E-state index contributed by atoms with van der Waals surface area (Å²) in [7, 11) is 3.28. The molecule has 0 aliphatic rings. The maximum Gasteiger partial charge on any atom is 0.346 e. The normalized spacial score (nSPS) is 13.4. The van der Waals surface area contributed by atoms with Gasteiger partial charge >= 0.3 is 6.72 Å². The first kappa shape index (κ1) is 20.3. The molecule has 1 rings (SSSR count). The molecule has 6 nitrogen and oxygen atoms in total.